The first-order valence-corrected chi connectivity index (χ1v) is 7.57. The van der Waals surface area contributed by atoms with Crippen molar-refractivity contribution >= 4 is 5.97 Å². The summed E-state index contributed by atoms with van der Waals surface area (Å²) in [5.74, 6) is 1.18. The Balaban J connectivity index is 1.77. The molecule has 2 aromatic rings. The number of methoxy groups -OCH3 is 1. The molecule has 2 rings (SSSR count). The Hall–Kier alpha value is -2.49. The van der Waals surface area contributed by atoms with E-state index in [-0.39, 0.29) is 19.0 Å². The van der Waals surface area contributed by atoms with Crippen LogP contribution >= 0.6 is 0 Å². The third kappa shape index (κ3) is 5.33. The first-order chi connectivity index (χ1) is 11.1. The highest BCUT2D eigenvalue weighted by Gasteiger charge is 2.08. The fourth-order valence-corrected chi connectivity index (χ4v) is 2.14. The van der Waals surface area contributed by atoms with Gasteiger partial charge in [-0.1, -0.05) is 29.3 Å². The summed E-state index contributed by atoms with van der Waals surface area (Å²) in [5, 5.41) is 0. The minimum absolute atomic E-state index is 0.203. The summed E-state index contributed by atoms with van der Waals surface area (Å²) in [6.07, 6.45) is 0.210. The third-order valence-corrected chi connectivity index (χ3v) is 3.42. The van der Waals surface area contributed by atoms with E-state index in [2.05, 4.69) is 0 Å². The molecule has 0 bridgehead atoms. The van der Waals surface area contributed by atoms with E-state index in [0.717, 1.165) is 22.6 Å². The van der Waals surface area contributed by atoms with Gasteiger partial charge < -0.3 is 14.2 Å². The highest BCUT2D eigenvalue weighted by Crippen LogP contribution is 2.20. The number of hydrogen-bond donors (Lipinski definition) is 0. The van der Waals surface area contributed by atoms with Crippen LogP contribution in [0.5, 0.6) is 11.5 Å². The monoisotopic (exact) mass is 314 g/mol. The molecule has 0 aliphatic rings. The molecule has 0 saturated heterocycles. The maximum absolute atomic E-state index is 11.8. The molecule has 0 spiro atoms. The summed E-state index contributed by atoms with van der Waals surface area (Å²) < 4.78 is 16.1. The summed E-state index contributed by atoms with van der Waals surface area (Å²) in [6, 6.07) is 13.5. The van der Waals surface area contributed by atoms with Gasteiger partial charge in [-0.3, -0.25) is 4.79 Å². The zero-order chi connectivity index (χ0) is 16.7. The number of benzene rings is 2. The molecule has 4 heteroatoms. The molecule has 0 amide bonds. The van der Waals surface area contributed by atoms with E-state index in [9.17, 15) is 4.79 Å². The molecule has 4 nitrogen and oxygen atoms in total. The van der Waals surface area contributed by atoms with Crippen molar-refractivity contribution in [3.05, 3.63) is 59.2 Å². The Labute approximate surface area is 137 Å². The van der Waals surface area contributed by atoms with Crippen molar-refractivity contribution in [2.24, 2.45) is 0 Å². The van der Waals surface area contributed by atoms with Crippen LogP contribution in [0.1, 0.15) is 23.1 Å². The minimum atomic E-state index is -0.291. The number of aryl methyl sites for hydroxylation is 2. The van der Waals surface area contributed by atoms with E-state index in [1.165, 1.54) is 5.56 Å². The first kappa shape index (κ1) is 16.9. The Morgan fingerprint density at radius 1 is 1.00 bits per heavy atom. The van der Waals surface area contributed by atoms with E-state index < -0.39 is 0 Å². The van der Waals surface area contributed by atoms with Crippen molar-refractivity contribution in [2.75, 3.05) is 13.7 Å². The lowest BCUT2D eigenvalue weighted by Gasteiger charge is -2.10. The highest BCUT2D eigenvalue weighted by molar-refractivity contribution is 5.69. The van der Waals surface area contributed by atoms with Crippen molar-refractivity contribution in [3.63, 3.8) is 0 Å². The van der Waals surface area contributed by atoms with Gasteiger partial charge in [-0.05, 0) is 38.1 Å². The fourth-order valence-electron chi connectivity index (χ4n) is 2.14. The lowest BCUT2D eigenvalue weighted by Crippen LogP contribution is -2.10. The molecule has 0 atom stereocenters. The average Bonchev–Trinajstić information content (AvgIpc) is 2.55. The number of esters is 1. The van der Waals surface area contributed by atoms with Gasteiger partial charge >= 0.3 is 5.97 Å². The van der Waals surface area contributed by atoms with Crippen molar-refractivity contribution in [3.8, 4) is 11.5 Å². The lowest BCUT2D eigenvalue weighted by molar-refractivity contribution is -0.145. The molecule has 0 radical (unpaired) electrons. The summed E-state index contributed by atoms with van der Waals surface area (Å²) in [5.41, 5.74) is 3.13. The van der Waals surface area contributed by atoms with Crippen molar-refractivity contribution in [1.82, 2.24) is 0 Å². The summed E-state index contributed by atoms with van der Waals surface area (Å²) in [7, 11) is 1.60. The largest absolute Gasteiger partial charge is 0.496 e. The standard InChI is InChI=1S/C19H22O4/c1-14-4-7-17(8-5-14)22-11-10-19(20)23-13-16-12-15(2)6-9-18(16)21-3/h4-9,12H,10-11,13H2,1-3H3. The molecule has 0 heterocycles. The van der Waals surface area contributed by atoms with Gasteiger partial charge in [0.15, 0.2) is 0 Å². The molecule has 23 heavy (non-hydrogen) atoms. The number of rotatable bonds is 7. The van der Waals surface area contributed by atoms with Crippen LogP contribution in [0.3, 0.4) is 0 Å². The fraction of sp³-hybridized carbons (Fsp3) is 0.316. The predicted octanol–water partition coefficient (Wildman–Crippen LogP) is 3.82. The van der Waals surface area contributed by atoms with Crippen LogP contribution in [0, 0.1) is 13.8 Å². The van der Waals surface area contributed by atoms with E-state index in [4.69, 9.17) is 14.2 Å². The molecule has 122 valence electrons. The van der Waals surface area contributed by atoms with Gasteiger partial charge in [0.05, 0.1) is 20.1 Å². The zero-order valence-corrected chi connectivity index (χ0v) is 13.8. The Morgan fingerprint density at radius 3 is 2.39 bits per heavy atom. The highest BCUT2D eigenvalue weighted by atomic mass is 16.5. The third-order valence-electron chi connectivity index (χ3n) is 3.42. The van der Waals surface area contributed by atoms with Crippen molar-refractivity contribution < 1.29 is 19.0 Å². The van der Waals surface area contributed by atoms with Crippen LogP contribution in [-0.2, 0) is 16.1 Å². The van der Waals surface area contributed by atoms with Gasteiger partial charge in [-0.15, -0.1) is 0 Å². The second-order valence-electron chi connectivity index (χ2n) is 5.39. The summed E-state index contributed by atoms with van der Waals surface area (Å²) in [4.78, 5) is 11.8. The van der Waals surface area contributed by atoms with Crippen LogP contribution in [0.2, 0.25) is 0 Å². The van der Waals surface area contributed by atoms with Crippen LogP contribution in [0.4, 0.5) is 0 Å². The molecular weight excluding hydrogens is 292 g/mol. The van der Waals surface area contributed by atoms with E-state index in [1.807, 2.05) is 56.3 Å². The van der Waals surface area contributed by atoms with E-state index in [0.29, 0.717) is 6.61 Å². The quantitative estimate of drug-likeness (QED) is 0.729. The Bertz CT molecular complexity index is 647. The second kappa shape index (κ2) is 8.22. The van der Waals surface area contributed by atoms with Crippen LogP contribution < -0.4 is 9.47 Å². The zero-order valence-electron chi connectivity index (χ0n) is 13.8. The molecule has 0 aliphatic carbocycles. The maximum atomic E-state index is 11.8. The Morgan fingerprint density at radius 2 is 1.70 bits per heavy atom. The van der Waals surface area contributed by atoms with Crippen LogP contribution in [0.25, 0.3) is 0 Å². The van der Waals surface area contributed by atoms with Crippen LogP contribution in [-0.4, -0.2) is 19.7 Å². The van der Waals surface area contributed by atoms with Gasteiger partial charge in [0, 0.05) is 5.56 Å². The van der Waals surface area contributed by atoms with Crippen molar-refractivity contribution in [2.45, 2.75) is 26.9 Å². The molecule has 2 aromatic carbocycles. The topological polar surface area (TPSA) is 44.8 Å². The Kier molecular flexibility index (Phi) is 6.03. The lowest BCUT2D eigenvalue weighted by atomic mass is 10.1. The predicted molar refractivity (Wildman–Crippen MR) is 88.8 cm³/mol. The SMILES string of the molecule is COc1ccc(C)cc1COC(=O)CCOc1ccc(C)cc1. The molecule has 0 fully saturated rings. The average molecular weight is 314 g/mol. The van der Waals surface area contributed by atoms with Gasteiger partial charge in [0.25, 0.3) is 0 Å². The normalized spacial score (nSPS) is 10.2. The van der Waals surface area contributed by atoms with Gasteiger partial charge in [0.1, 0.15) is 18.1 Å². The molecule has 0 saturated carbocycles. The van der Waals surface area contributed by atoms with Crippen molar-refractivity contribution in [1.29, 1.82) is 0 Å². The molecule has 0 aromatic heterocycles. The molecule has 0 unspecified atom stereocenters. The molecule has 0 N–H and O–H groups in total. The number of carbonyl (C=O) groups excluding carboxylic acids is 1. The van der Waals surface area contributed by atoms with E-state index in [1.54, 1.807) is 7.11 Å². The first-order valence-electron chi connectivity index (χ1n) is 7.57. The van der Waals surface area contributed by atoms with E-state index >= 15 is 0 Å². The minimum Gasteiger partial charge on any atom is -0.496 e. The van der Waals surface area contributed by atoms with Crippen LogP contribution in [0.15, 0.2) is 42.5 Å². The molecule has 0 aliphatic heterocycles. The smallest absolute Gasteiger partial charge is 0.309 e. The van der Waals surface area contributed by atoms with Gasteiger partial charge in [-0.25, -0.2) is 0 Å². The number of carbonyl (C=O) groups is 1. The summed E-state index contributed by atoms with van der Waals surface area (Å²) >= 11 is 0. The summed E-state index contributed by atoms with van der Waals surface area (Å²) in [6.45, 7) is 4.50. The van der Waals surface area contributed by atoms with Gasteiger partial charge in [0.2, 0.25) is 0 Å². The number of hydrogen-bond acceptors (Lipinski definition) is 4. The second-order valence-corrected chi connectivity index (χ2v) is 5.39. The maximum Gasteiger partial charge on any atom is 0.309 e. The molecular formula is C19H22O4. The van der Waals surface area contributed by atoms with Gasteiger partial charge in [-0.2, -0.15) is 0 Å². The number of ether oxygens (including phenoxy) is 3.